The molecule has 0 N–H and O–H groups in total. The summed E-state index contributed by atoms with van der Waals surface area (Å²) >= 11 is 0. The van der Waals surface area contributed by atoms with Crippen molar-refractivity contribution in [1.29, 1.82) is 0 Å². The lowest BCUT2D eigenvalue weighted by atomic mass is 9.89. The maximum Gasteiger partial charge on any atom is 0.241 e. The molecule has 10 heavy (non-hydrogen) atoms. The maximum absolute atomic E-state index is 11.9. The molecule has 0 heterocycles. The summed E-state index contributed by atoms with van der Waals surface area (Å²) in [6, 6.07) is 0. The number of ketones is 1. The van der Waals surface area contributed by atoms with Gasteiger partial charge in [-0.2, -0.15) is 0 Å². The first-order chi connectivity index (χ1) is 4.70. The van der Waals surface area contributed by atoms with E-state index < -0.39 is 12.3 Å². The van der Waals surface area contributed by atoms with Crippen LogP contribution in [0.1, 0.15) is 25.7 Å². The smallest absolute Gasteiger partial charge is 0.241 e. The predicted molar refractivity (Wildman–Crippen MR) is 33.0 cm³/mol. The summed E-state index contributed by atoms with van der Waals surface area (Å²) in [6.45, 7) is 0. The molecule has 0 aromatic rings. The summed E-state index contributed by atoms with van der Waals surface area (Å²) < 4.78 is 23.9. The van der Waals surface area contributed by atoms with Gasteiger partial charge in [-0.25, -0.2) is 8.78 Å². The minimum atomic E-state index is -2.30. The highest BCUT2D eigenvalue weighted by Crippen LogP contribution is 2.26. The highest BCUT2D eigenvalue weighted by Gasteiger charge is 2.26. The topological polar surface area (TPSA) is 17.1 Å². The number of rotatable bonds is 1. The summed E-state index contributed by atoms with van der Waals surface area (Å²) in [7, 11) is 0. The number of carbonyl (C=O) groups is 1. The molecule has 0 aromatic heterocycles. The normalized spacial score (nSPS) is 27.5. The summed E-state index contributed by atoms with van der Waals surface area (Å²) in [5.41, 5.74) is 0. The molecule has 0 saturated heterocycles. The van der Waals surface area contributed by atoms with E-state index >= 15 is 0 Å². The van der Waals surface area contributed by atoms with Crippen LogP contribution >= 0.6 is 0 Å². The Morgan fingerprint density at radius 1 is 1.50 bits per heavy atom. The van der Waals surface area contributed by atoms with Crippen molar-refractivity contribution in [3.8, 4) is 0 Å². The van der Waals surface area contributed by atoms with Gasteiger partial charge in [0.05, 0.1) is 0 Å². The van der Waals surface area contributed by atoms with Crippen molar-refractivity contribution in [3.63, 3.8) is 0 Å². The highest BCUT2D eigenvalue weighted by atomic mass is 19.3. The quantitative estimate of drug-likeness (QED) is 0.556. The van der Waals surface area contributed by atoms with Gasteiger partial charge in [-0.15, -0.1) is 0 Å². The Morgan fingerprint density at radius 2 is 2.20 bits per heavy atom. The van der Waals surface area contributed by atoms with Gasteiger partial charge in [0.2, 0.25) is 6.43 Å². The van der Waals surface area contributed by atoms with Gasteiger partial charge < -0.3 is 0 Å². The van der Waals surface area contributed by atoms with Crippen molar-refractivity contribution in [2.75, 3.05) is 0 Å². The Morgan fingerprint density at radius 3 is 2.60 bits per heavy atom. The van der Waals surface area contributed by atoms with E-state index in [1.807, 2.05) is 0 Å². The first-order valence-corrected chi connectivity index (χ1v) is 3.50. The average Bonchev–Trinajstić information content (AvgIpc) is 1.88. The highest BCUT2D eigenvalue weighted by molar-refractivity contribution is 5.79. The number of Topliss-reactive ketones (excluding diaryl/α,β-unsaturated/α-hetero) is 1. The molecule has 0 spiro atoms. The van der Waals surface area contributed by atoms with Crippen LogP contribution in [0.15, 0.2) is 0 Å². The van der Waals surface area contributed by atoms with Gasteiger partial charge in [0, 0.05) is 18.8 Å². The summed E-state index contributed by atoms with van der Waals surface area (Å²) in [5, 5.41) is 0. The third-order valence-electron chi connectivity index (χ3n) is 1.88. The monoisotopic (exact) mass is 148 g/mol. The van der Waals surface area contributed by atoms with Gasteiger partial charge >= 0.3 is 0 Å². The molecule has 1 rings (SSSR count). The zero-order chi connectivity index (χ0) is 7.56. The van der Waals surface area contributed by atoms with Crippen LogP contribution < -0.4 is 0 Å². The lowest BCUT2D eigenvalue weighted by Crippen LogP contribution is -2.20. The molecule has 1 unspecified atom stereocenters. The van der Waals surface area contributed by atoms with Gasteiger partial charge in [0.15, 0.2) is 0 Å². The number of carbonyl (C=O) groups excluding carboxylic acids is 1. The van der Waals surface area contributed by atoms with Gasteiger partial charge in [0.25, 0.3) is 0 Å². The molecular formula is C7H10F2O. The van der Waals surface area contributed by atoms with Gasteiger partial charge in [-0.3, -0.25) is 4.79 Å². The molecule has 1 saturated carbocycles. The van der Waals surface area contributed by atoms with Crippen molar-refractivity contribution >= 4 is 5.78 Å². The zero-order valence-electron chi connectivity index (χ0n) is 5.65. The Labute approximate surface area is 58.4 Å². The first kappa shape index (κ1) is 7.63. The minimum Gasteiger partial charge on any atom is -0.300 e. The average molecular weight is 148 g/mol. The van der Waals surface area contributed by atoms with Crippen LogP contribution in [0.5, 0.6) is 0 Å². The lowest BCUT2D eigenvalue weighted by molar-refractivity contribution is -0.123. The van der Waals surface area contributed by atoms with E-state index in [0.29, 0.717) is 19.3 Å². The van der Waals surface area contributed by atoms with Crippen LogP contribution in [0, 0.1) is 5.92 Å². The molecule has 0 aromatic carbocycles. The molecule has 0 bridgehead atoms. The van der Waals surface area contributed by atoms with Crippen LogP contribution in [-0.4, -0.2) is 12.2 Å². The Balaban J connectivity index is 2.39. The second kappa shape index (κ2) is 3.08. The van der Waals surface area contributed by atoms with Crippen LogP contribution in [0.25, 0.3) is 0 Å². The third kappa shape index (κ3) is 1.75. The summed E-state index contributed by atoms with van der Waals surface area (Å²) in [5.74, 6) is -0.655. The Kier molecular flexibility index (Phi) is 2.35. The Bertz CT molecular complexity index is 134. The van der Waals surface area contributed by atoms with E-state index in [4.69, 9.17) is 0 Å². The molecule has 0 aliphatic heterocycles. The fourth-order valence-corrected chi connectivity index (χ4v) is 1.27. The molecule has 0 amide bonds. The van der Waals surface area contributed by atoms with Crippen molar-refractivity contribution in [1.82, 2.24) is 0 Å². The molecule has 58 valence electrons. The maximum atomic E-state index is 11.9. The van der Waals surface area contributed by atoms with Crippen molar-refractivity contribution in [3.05, 3.63) is 0 Å². The van der Waals surface area contributed by atoms with Gasteiger partial charge in [-0.05, 0) is 12.8 Å². The first-order valence-electron chi connectivity index (χ1n) is 3.50. The molecule has 1 nitrogen and oxygen atoms in total. The van der Waals surface area contributed by atoms with Crippen molar-refractivity contribution in [2.24, 2.45) is 5.92 Å². The molecule has 0 radical (unpaired) electrons. The van der Waals surface area contributed by atoms with Gasteiger partial charge in [-0.1, -0.05) is 0 Å². The summed E-state index contributed by atoms with van der Waals surface area (Å²) in [4.78, 5) is 10.6. The largest absolute Gasteiger partial charge is 0.300 e. The molecular weight excluding hydrogens is 138 g/mol. The predicted octanol–water partition coefficient (Wildman–Crippen LogP) is 2.01. The van der Waals surface area contributed by atoms with E-state index in [1.165, 1.54) is 0 Å². The number of hydrogen-bond acceptors (Lipinski definition) is 1. The van der Waals surface area contributed by atoms with Crippen molar-refractivity contribution in [2.45, 2.75) is 32.1 Å². The van der Waals surface area contributed by atoms with E-state index in [2.05, 4.69) is 0 Å². The van der Waals surface area contributed by atoms with Crippen LogP contribution in [-0.2, 0) is 4.79 Å². The molecule has 1 aliphatic carbocycles. The number of halogens is 2. The molecule has 1 atom stereocenters. The zero-order valence-corrected chi connectivity index (χ0v) is 5.65. The number of hydrogen-bond donors (Lipinski definition) is 0. The molecule has 3 heteroatoms. The molecule has 1 aliphatic rings. The lowest BCUT2D eigenvalue weighted by Gasteiger charge is -2.19. The van der Waals surface area contributed by atoms with E-state index in [1.54, 1.807) is 0 Å². The van der Waals surface area contributed by atoms with E-state index in [0.717, 1.165) is 0 Å². The minimum absolute atomic E-state index is 0.00319. The van der Waals surface area contributed by atoms with E-state index in [9.17, 15) is 13.6 Å². The summed E-state index contributed by atoms with van der Waals surface area (Å²) in [6.07, 6.45) is -0.540. The third-order valence-corrected chi connectivity index (χ3v) is 1.88. The van der Waals surface area contributed by atoms with Crippen LogP contribution in [0.3, 0.4) is 0 Å². The van der Waals surface area contributed by atoms with E-state index in [-0.39, 0.29) is 12.2 Å². The van der Waals surface area contributed by atoms with Crippen molar-refractivity contribution < 1.29 is 13.6 Å². The standard InChI is InChI=1S/C7H10F2O/c8-7(9)5-2-1-3-6(10)4-5/h5,7H,1-4H2. The fourth-order valence-electron chi connectivity index (χ4n) is 1.27. The second-order valence-corrected chi connectivity index (χ2v) is 2.73. The Hall–Kier alpha value is -0.470. The van der Waals surface area contributed by atoms with Crippen LogP contribution in [0.2, 0.25) is 0 Å². The van der Waals surface area contributed by atoms with Gasteiger partial charge in [0.1, 0.15) is 5.78 Å². The second-order valence-electron chi connectivity index (χ2n) is 2.73. The molecule has 1 fully saturated rings. The number of alkyl halides is 2. The fraction of sp³-hybridized carbons (Fsp3) is 0.857. The van der Waals surface area contributed by atoms with Crippen LogP contribution in [0.4, 0.5) is 8.78 Å². The SMILES string of the molecule is O=C1CCCC(C(F)F)C1.